The topological polar surface area (TPSA) is 90.6 Å². The summed E-state index contributed by atoms with van der Waals surface area (Å²) in [5.74, 6) is 0.110. The maximum Gasteiger partial charge on any atom is 0.176 e. The zero-order valence-electron chi connectivity index (χ0n) is 26.6. The van der Waals surface area contributed by atoms with Crippen LogP contribution in [0, 0.1) is 0 Å². The van der Waals surface area contributed by atoms with Crippen LogP contribution in [-0.2, 0) is 35.0 Å². The van der Waals surface area contributed by atoms with Crippen molar-refractivity contribution in [1.29, 1.82) is 0 Å². The predicted molar refractivity (Wildman–Crippen MR) is 165 cm³/mol. The second-order valence-electron chi connectivity index (χ2n) is 12.1. The van der Waals surface area contributed by atoms with Crippen molar-refractivity contribution >= 4 is 0 Å². The van der Waals surface area contributed by atoms with Crippen LogP contribution in [0.2, 0.25) is 0 Å². The Labute approximate surface area is 254 Å². The van der Waals surface area contributed by atoms with E-state index in [0.717, 1.165) is 30.6 Å². The summed E-state index contributed by atoms with van der Waals surface area (Å²) in [4.78, 5) is 0. The molecule has 2 saturated heterocycles. The van der Waals surface area contributed by atoms with Crippen LogP contribution in [0.25, 0.3) is 0 Å². The third-order valence-corrected chi connectivity index (χ3v) is 8.11. The minimum Gasteiger partial charge on any atom is -0.497 e. The molecule has 0 aliphatic carbocycles. The molecule has 0 spiro atoms. The van der Waals surface area contributed by atoms with Gasteiger partial charge in [0.05, 0.1) is 39.1 Å². The van der Waals surface area contributed by atoms with Gasteiger partial charge in [0.25, 0.3) is 0 Å². The van der Waals surface area contributed by atoms with E-state index >= 15 is 0 Å². The van der Waals surface area contributed by atoms with Gasteiger partial charge in [0.15, 0.2) is 12.1 Å². The molecule has 6 atom stereocenters. The number of ether oxygens (including phenoxy) is 7. The van der Waals surface area contributed by atoms with Crippen LogP contribution in [0.15, 0.2) is 36.9 Å². The standard InChI is InChI=1S/C34H57NO7/c1-6-8-9-10-11-12-13-14-15-16-28(39-24-26-17-19-27(36-5)20-18-26)21-23-37-32-30(35)33(38-22-7-2)41-29-25-40-34(3,4)42-31(29)32/h7,17-20,28-33H,2,6,8-16,21-25,35H2,1,3-5H3/t28-,29-,30-,31-,32-,33-/m1/s1. The van der Waals surface area contributed by atoms with Gasteiger partial charge in [-0.2, -0.15) is 0 Å². The molecule has 2 heterocycles. The smallest absolute Gasteiger partial charge is 0.176 e. The quantitative estimate of drug-likeness (QED) is 0.125. The molecule has 2 fully saturated rings. The van der Waals surface area contributed by atoms with Crippen LogP contribution in [0.5, 0.6) is 5.75 Å². The zero-order valence-corrected chi connectivity index (χ0v) is 26.6. The third-order valence-electron chi connectivity index (χ3n) is 8.11. The lowest BCUT2D eigenvalue weighted by Crippen LogP contribution is -2.67. The van der Waals surface area contributed by atoms with Crippen LogP contribution < -0.4 is 10.5 Å². The molecule has 0 radical (unpaired) electrons. The number of benzene rings is 1. The Hall–Kier alpha value is -1.52. The van der Waals surface area contributed by atoms with Crippen molar-refractivity contribution in [3.05, 3.63) is 42.5 Å². The Balaban J connectivity index is 1.54. The maximum atomic E-state index is 6.63. The van der Waals surface area contributed by atoms with Gasteiger partial charge in [-0.25, -0.2) is 0 Å². The SMILES string of the molecule is C=CCO[C@@H]1O[C@@H]2COC(C)(C)O[C@H]2[C@H](OCC[C@@H](CCCCCCCCCCC)OCc2ccc(OC)cc2)[C@H]1N. The molecule has 2 N–H and O–H groups in total. The van der Waals surface area contributed by atoms with Crippen molar-refractivity contribution in [1.82, 2.24) is 0 Å². The highest BCUT2D eigenvalue weighted by Crippen LogP contribution is 2.34. The fourth-order valence-electron chi connectivity index (χ4n) is 5.63. The number of fused-ring (bicyclic) bond motifs is 1. The lowest BCUT2D eigenvalue weighted by Gasteiger charge is -2.50. The van der Waals surface area contributed by atoms with Gasteiger partial charge >= 0.3 is 0 Å². The van der Waals surface area contributed by atoms with E-state index in [9.17, 15) is 0 Å². The molecule has 0 amide bonds. The summed E-state index contributed by atoms with van der Waals surface area (Å²) in [5.41, 5.74) is 7.76. The highest BCUT2D eigenvalue weighted by atomic mass is 16.8. The van der Waals surface area contributed by atoms with E-state index in [2.05, 4.69) is 25.6 Å². The largest absolute Gasteiger partial charge is 0.497 e. The van der Waals surface area contributed by atoms with Crippen molar-refractivity contribution < 1.29 is 33.2 Å². The van der Waals surface area contributed by atoms with Gasteiger partial charge < -0.3 is 38.9 Å². The molecule has 0 unspecified atom stereocenters. The summed E-state index contributed by atoms with van der Waals surface area (Å²) in [6.45, 7) is 11.6. The number of rotatable bonds is 21. The molecule has 2 aliphatic heterocycles. The molecule has 42 heavy (non-hydrogen) atoms. The fraction of sp³-hybridized carbons (Fsp3) is 0.765. The Bertz CT molecular complexity index is 864. The first-order valence-corrected chi connectivity index (χ1v) is 16.2. The predicted octanol–water partition coefficient (Wildman–Crippen LogP) is 6.68. The number of hydrogen-bond donors (Lipinski definition) is 1. The summed E-state index contributed by atoms with van der Waals surface area (Å²) in [6.07, 6.45) is 13.6. The summed E-state index contributed by atoms with van der Waals surface area (Å²) in [7, 11) is 1.68. The van der Waals surface area contributed by atoms with Crippen LogP contribution in [0.1, 0.15) is 97.0 Å². The van der Waals surface area contributed by atoms with Gasteiger partial charge in [-0.3, -0.25) is 0 Å². The third kappa shape index (κ3) is 11.9. The highest BCUT2D eigenvalue weighted by Gasteiger charge is 2.51. The summed E-state index contributed by atoms with van der Waals surface area (Å²) in [5, 5.41) is 0. The molecule has 1 aromatic rings. The van der Waals surface area contributed by atoms with Gasteiger partial charge in [-0.15, -0.1) is 6.58 Å². The Morgan fingerprint density at radius 3 is 2.36 bits per heavy atom. The van der Waals surface area contributed by atoms with Gasteiger partial charge in [0.2, 0.25) is 0 Å². The molecule has 0 bridgehead atoms. The minimum absolute atomic E-state index is 0.0865. The normalized spacial score (nSPS) is 26.0. The van der Waals surface area contributed by atoms with Gasteiger partial charge in [0, 0.05) is 6.61 Å². The first-order chi connectivity index (χ1) is 20.4. The molecular weight excluding hydrogens is 534 g/mol. The first-order valence-electron chi connectivity index (χ1n) is 16.2. The van der Waals surface area contributed by atoms with E-state index in [4.69, 9.17) is 38.9 Å². The molecule has 8 heteroatoms. The lowest BCUT2D eigenvalue weighted by atomic mass is 9.95. The van der Waals surface area contributed by atoms with E-state index in [1.165, 1.54) is 51.4 Å². The monoisotopic (exact) mass is 591 g/mol. The van der Waals surface area contributed by atoms with Gasteiger partial charge in [0.1, 0.15) is 24.1 Å². The van der Waals surface area contributed by atoms with Crippen molar-refractivity contribution in [2.75, 3.05) is 26.9 Å². The highest BCUT2D eigenvalue weighted by molar-refractivity contribution is 5.26. The Kier molecular flexibility index (Phi) is 15.8. The molecule has 0 saturated carbocycles. The molecule has 240 valence electrons. The van der Waals surface area contributed by atoms with Gasteiger partial charge in [-0.1, -0.05) is 82.9 Å². The van der Waals surface area contributed by atoms with Crippen LogP contribution in [0.3, 0.4) is 0 Å². The molecule has 3 rings (SSSR count). The average molecular weight is 592 g/mol. The van der Waals surface area contributed by atoms with Crippen molar-refractivity contribution in [2.45, 2.75) is 141 Å². The minimum atomic E-state index is -0.735. The zero-order chi connectivity index (χ0) is 30.2. The molecular formula is C34H57NO7. The Morgan fingerprint density at radius 2 is 1.69 bits per heavy atom. The number of methoxy groups -OCH3 is 1. The van der Waals surface area contributed by atoms with Crippen molar-refractivity contribution in [2.24, 2.45) is 5.73 Å². The number of nitrogens with two attached hydrogens (primary N) is 1. The van der Waals surface area contributed by atoms with Crippen molar-refractivity contribution in [3.63, 3.8) is 0 Å². The van der Waals surface area contributed by atoms with Crippen molar-refractivity contribution in [3.8, 4) is 5.75 Å². The second kappa shape index (κ2) is 19.0. The lowest BCUT2D eigenvalue weighted by molar-refractivity contribution is -0.370. The molecule has 2 aliphatic rings. The Morgan fingerprint density at radius 1 is 1.00 bits per heavy atom. The van der Waals surface area contributed by atoms with E-state index < -0.39 is 24.2 Å². The first kappa shape index (κ1) is 35.0. The van der Waals surface area contributed by atoms with Crippen LogP contribution in [0.4, 0.5) is 0 Å². The summed E-state index contributed by atoms with van der Waals surface area (Å²) in [6, 6.07) is 7.55. The number of hydrogen-bond acceptors (Lipinski definition) is 8. The van der Waals surface area contributed by atoms with Crippen LogP contribution in [-0.4, -0.2) is 69.5 Å². The van der Waals surface area contributed by atoms with E-state index in [-0.39, 0.29) is 18.3 Å². The van der Waals surface area contributed by atoms with Gasteiger partial charge in [-0.05, 0) is 44.4 Å². The van der Waals surface area contributed by atoms with E-state index in [1.54, 1.807) is 13.2 Å². The number of unbranched alkanes of at least 4 members (excludes halogenated alkanes) is 8. The van der Waals surface area contributed by atoms with Crippen LogP contribution >= 0.6 is 0 Å². The van der Waals surface area contributed by atoms with E-state index in [1.807, 2.05) is 26.0 Å². The summed E-state index contributed by atoms with van der Waals surface area (Å²) >= 11 is 0. The molecule has 0 aromatic heterocycles. The molecule has 8 nitrogen and oxygen atoms in total. The average Bonchev–Trinajstić information content (AvgIpc) is 2.99. The fourth-order valence-corrected chi connectivity index (χ4v) is 5.63. The van der Waals surface area contributed by atoms with E-state index in [0.29, 0.717) is 26.4 Å². The molecule has 1 aromatic carbocycles. The second-order valence-corrected chi connectivity index (χ2v) is 12.1. The maximum absolute atomic E-state index is 6.63. The summed E-state index contributed by atoms with van der Waals surface area (Å²) < 4.78 is 42.3.